The Morgan fingerprint density at radius 3 is 1.20 bits per heavy atom. The average Bonchev–Trinajstić information content (AvgIpc) is 3.16. The van der Waals surface area contributed by atoms with Crippen LogP contribution in [0.15, 0.2) is 24.3 Å². The summed E-state index contributed by atoms with van der Waals surface area (Å²) in [6.45, 7) is 18.4. The Morgan fingerprint density at radius 1 is 0.473 bits per heavy atom. The van der Waals surface area contributed by atoms with Gasteiger partial charge in [0, 0.05) is 6.54 Å². The molecule has 0 saturated carbocycles. The van der Waals surface area contributed by atoms with Crippen LogP contribution in [0.25, 0.3) is 0 Å². The molecule has 0 atom stereocenters. The second kappa shape index (κ2) is 38.7. The van der Waals surface area contributed by atoms with Gasteiger partial charge in [-0.3, -0.25) is 0 Å². The van der Waals surface area contributed by atoms with Crippen LogP contribution < -0.4 is 10.1 Å². The van der Waals surface area contributed by atoms with Gasteiger partial charge in [-0.15, -0.1) is 0 Å². The number of benzene rings is 1. The summed E-state index contributed by atoms with van der Waals surface area (Å²) >= 11 is 0. The lowest BCUT2D eigenvalue weighted by atomic mass is 10.0. The van der Waals surface area contributed by atoms with Crippen molar-refractivity contribution in [1.29, 1.82) is 0 Å². The first-order valence-corrected chi connectivity index (χ1v) is 20.4. The number of carbonyl (C=O) groups is 1. The second-order valence-corrected chi connectivity index (χ2v) is 13.6. The minimum absolute atomic E-state index is 0.383. The Balaban J connectivity index is 1.68. The highest BCUT2D eigenvalue weighted by molar-refractivity contribution is 5.67. The lowest BCUT2D eigenvalue weighted by Gasteiger charge is -2.19. The topological polar surface area (TPSA) is 140 Å². The van der Waals surface area contributed by atoms with Crippen LogP contribution >= 0.6 is 0 Å². The molecule has 0 spiro atoms. The number of carbonyl (C=O) groups excluding carboxylic acids is 1. The van der Waals surface area contributed by atoms with E-state index in [1.54, 1.807) is 0 Å². The van der Waals surface area contributed by atoms with Crippen molar-refractivity contribution in [2.45, 2.75) is 78.2 Å². The molecule has 0 aliphatic rings. The normalized spacial score (nSPS) is 11.6. The van der Waals surface area contributed by atoms with E-state index < -0.39 is 11.7 Å². The number of rotatable bonds is 41. The summed E-state index contributed by atoms with van der Waals surface area (Å²) in [5.41, 5.74) is 0.862. The largest absolute Gasteiger partial charge is 0.491 e. The van der Waals surface area contributed by atoms with E-state index in [2.05, 4.69) is 24.4 Å². The van der Waals surface area contributed by atoms with Gasteiger partial charge in [0.25, 0.3) is 0 Å². The summed E-state index contributed by atoms with van der Waals surface area (Å²) in [5.74, 6) is 0.881. The summed E-state index contributed by atoms with van der Waals surface area (Å²) in [7, 11) is 0. The molecule has 1 rings (SSSR count). The number of hydrogen-bond acceptors (Lipinski definition) is 13. The van der Waals surface area contributed by atoms with E-state index in [-0.39, 0.29) is 0 Å². The third kappa shape index (κ3) is 38.5. The molecule has 0 fully saturated rings. The van der Waals surface area contributed by atoms with Crippen molar-refractivity contribution in [2.24, 2.45) is 0 Å². The van der Waals surface area contributed by atoms with Gasteiger partial charge in [0.05, 0.1) is 132 Å². The summed E-state index contributed by atoms with van der Waals surface area (Å²) in [4.78, 5) is 11.5. The van der Waals surface area contributed by atoms with Gasteiger partial charge in [0.2, 0.25) is 0 Å². The maximum Gasteiger partial charge on any atom is 0.407 e. The number of alkyl carbamates (subject to hydrolysis) is 1. The highest BCUT2D eigenvalue weighted by Crippen LogP contribution is 2.15. The van der Waals surface area contributed by atoms with E-state index in [0.29, 0.717) is 145 Å². The zero-order valence-electron chi connectivity index (χ0n) is 34.6. The molecular weight excluding hydrogens is 714 g/mol. The third-order valence-corrected chi connectivity index (χ3v) is 7.50. The molecule has 0 heterocycles. The first-order valence-electron chi connectivity index (χ1n) is 20.4. The van der Waals surface area contributed by atoms with Gasteiger partial charge in [-0.25, -0.2) is 4.79 Å². The summed E-state index contributed by atoms with van der Waals surface area (Å²) in [6, 6.07) is 8.43. The van der Waals surface area contributed by atoms with Gasteiger partial charge in [0.15, 0.2) is 0 Å². The average molecular weight is 790 g/mol. The molecule has 0 unspecified atom stereocenters. The highest BCUT2D eigenvalue weighted by Gasteiger charge is 2.15. The zero-order chi connectivity index (χ0) is 39.8. The summed E-state index contributed by atoms with van der Waals surface area (Å²) < 4.78 is 65.9. The number of nitrogens with one attached hydrogen (secondary N) is 1. The Kier molecular flexibility index (Phi) is 35.9. The standard InChI is InChI=1S/C41H75NO13/c1-5-6-7-8-9-10-11-38-12-14-39(15-13-38)54-37-36-53-35-34-52-33-32-51-31-30-50-29-28-49-27-26-48-25-24-47-23-22-46-21-20-45-19-18-44-17-16-42-40(43)55-41(2,3)4/h12-15H,5-11,16-37H2,1-4H3,(H,42,43). The van der Waals surface area contributed by atoms with Crippen LogP contribution in [0.4, 0.5) is 4.79 Å². The van der Waals surface area contributed by atoms with Crippen LogP contribution in [0.3, 0.4) is 0 Å². The molecule has 1 aromatic rings. The number of hydrogen-bond donors (Lipinski definition) is 1. The van der Waals surface area contributed by atoms with Crippen molar-refractivity contribution in [3.05, 3.63) is 29.8 Å². The molecule has 322 valence electrons. The molecule has 0 bridgehead atoms. The van der Waals surface area contributed by atoms with Crippen LogP contribution in [0.5, 0.6) is 5.75 Å². The summed E-state index contributed by atoms with van der Waals surface area (Å²) in [6.07, 6.45) is 8.61. The monoisotopic (exact) mass is 790 g/mol. The number of amides is 1. The molecule has 0 aromatic heterocycles. The van der Waals surface area contributed by atoms with Gasteiger partial charge in [-0.1, -0.05) is 51.2 Å². The smallest absolute Gasteiger partial charge is 0.407 e. The van der Waals surface area contributed by atoms with Crippen molar-refractivity contribution < 1.29 is 61.6 Å². The van der Waals surface area contributed by atoms with E-state index >= 15 is 0 Å². The van der Waals surface area contributed by atoms with Gasteiger partial charge < -0.3 is 62.2 Å². The summed E-state index contributed by atoms with van der Waals surface area (Å²) in [5, 5.41) is 2.63. The fourth-order valence-corrected chi connectivity index (χ4v) is 4.70. The molecule has 14 nitrogen and oxygen atoms in total. The van der Waals surface area contributed by atoms with Gasteiger partial charge in [-0.2, -0.15) is 0 Å². The third-order valence-electron chi connectivity index (χ3n) is 7.50. The molecule has 55 heavy (non-hydrogen) atoms. The Morgan fingerprint density at radius 2 is 0.818 bits per heavy atom. The number of ether oxygens (including phenoxy) is 12. The molecular formula is C41H75NO13. The Bertz CT molecular complexity index is 949. The highest BCUT2D eigenvalue weighted by atomic mass is 16.6. The minimum Gasteiger partial charge on any atom is -0.491 e. The van der Waals surface area contributed by atoms with Gasteiger partial charge in [0.1, 0.15) is 18.0 Å². The van der Waals surface area contributed by atoms with Crippen LogP contribution in [0, 0.1) is 0 Å². The van der Waals surface area contributed by atoms with Crippen molar-refractivity contribution in [3.63, 3.8) is 0 Å². The first kappa shape index (κ1) is 50.9. The lowest BCUT2D eigenvalue weighted by Crippen LogP contribution is -2.34. The Hall–Kier alpha value is -2.11. The minimum atomic E-state index is -0.512. The molecule has 0 radical (unpaired) electrons. The predicted octanol–water partition coefficient (Wildman–Crippen LogP) is 5.66. The lowest BCUT2D eigenvalue weighted by molar-refractivity contribution is -0.0266. The molecule has 1 amide bonds. The fourth-order valence-electron chi connectivity index (χ4n) is 4.70. The van der Waals surface area contributed by atoms with E-state index in [1.165, 1.54) is 44.1 Å². The van der Waals surface area contributed by atoms with Crippen LogP contribution in [-0.4, -0.2) is 157 Å². The number of unbranched alkanes of at least 4 members (excludes halogenated alkanes) is 5. The van der Waals surface area contributed by atoms with E-state index in [1.807, 2.05) is 32.9 Å². The van der Waals surface area contributed by atoms with Gasteiger partial charge in [-0.05, 0) is 51.3 Å². The van der Waals surface area contributed by atoms with E-state index in [4.69, 9.17) is 56.8 Å². The quantitative estimate of drug-likeness (QED) is 0.0818. The molecule has 1 N–H and O–H groups in total. The maximum atomic E-state index is 11.5. The van der Waals surface area contributed by atoms with Crippen molar-refractivity contribution in [1.82, 2.24) is 5.32 Å². The molecule has 0 saturated heterocycles. The van der Waals surface area contributed by atoms with Crippen LogP contribution in [-0.2, 0) is 58.5 Å². The van der Waals surface area contributed by atoms with E-state index in [0.717, 1.165) is 12.2 Å². The molecule has 1 aromatic carbocycles. The molecule has 0 aliphatic heterocycles. The van der Waals surface area contributed by atoms with Crippen molar-refractivity contribution in [3.8, 4) is 5.75 Å². The molecule has 14 heteroatoms. The molecule has 0 aliphatic carbocycles. The predicted molar refractivity (Wildman–Crippen MR) is 211 cm³/mol. The van der Waals surface area contributed by atoms with Crippen LogP contribution in [0.2, 0.25) is 0 Å². The van der Waals surface area contributed by atoms with Crippen LogP contribution in [0.1, 0.15) is 71.8 Å². The Labute approximate surface area is 331 Å². The maximum absolute atomic E-state index is 11.5. The first-order chi connectivity index (χ1) is 26.9. The van der Waals surface area contributed by atoms with Gasteiger partial charge >= 0.3 is 6.09 Å². The van der Waals surface area contributed by atoms with E-state index in [9.17, 15) is 4.79 Å². The SMILES string of the molecule is CCCCCCCCc1ccc(OCCOCCOCCOCCOCCOCCOCCOCCOCCOCCOCCNC(=O)OC(C)(C)C)cc1. The number of aryl methyl sites for hydroxylation is 1. The zero-order valence-corrected chi connectivity index (χ0v) is 34.6. The second-order valence-electron chi connectivity index (χ2n) is 13.6. The van der Waals surface area contributed by atoms with Crippen molar-refractivity contribution >= 4 is 6.09 Å². The fraction of sp³-hybridized carbons (Fsp3) is 0.829. The van der Waals surface area contributed by atoms with Crippen molar-refractivity contribution in [2.75, 3.05) is 145 Å².